The van der Waals surface area contributed by atoms with Crippen LogP contribution in [0.25, 0.3) is 66.6 Å². The molecule has 270 valence electrons. The summed E-state index contributed by atoms with van der Waals surface area (Å²) in [6.07, 6.45) is 6.88. The van der Waals surface area contributed by atoms with Crippen LogP contribution in [0.15, 0.2) is 176 Å². The molecule has 1 aliphatic carbocycles. The largest absolute Gasteiger partial charge is 0.308 e. The number of rotatable bonds is 6. The number of hydrogen-bond donors (Lipinski definition) is 0. The van der Waals surface area contributed by atoms with Crippen molar-refractivity contribution in [3.05, 3.63) is 187 Å². The molecular formula is C52H34N2S3. The molecule has 0 amide bonds. The van der Waals surface area contributed by atoms with Gasteiger partial charge in [-0.2, -0.15) is 0 Å². The quantitative estimate of drug-likeness (QED) is 0.166. The van der Waals surface area contributed by atoms with E-state index in [2.05, 4.69) is 192 Å². The summed E-state index contributed by atoms with van der Waals surface area (Å²) in [5.41, 5.74) is 9.67. The smallest absolute Gasteiger partial charge is 0.0883 e. The summed E-state index contributed by atoms with van der Waals surface area (Å²) in [6, 6.07) is 63.0. The van der Waals surface area contributed by atoms with Crippen LogP contribution >= 0.6 is 34.0 Å². The fourth-order valence-corrected chi connectivity index (χ4v) is 12.5. The van der Waals surface area contributed by atoms with E-state index in [1.165, 1.54) is 83.0 Å². The van der Waals surface area contributed by atoms with Gasteiger partial charge < -0.3 is 9.80 Å². The summed E-state index contributed by atoms with van der Waals surface area (Å²) in [6.45, 7) is 0. The second-order valence-electron chi connectivity index (χ2n) is 14.7. The SMILES string of the molecule is C1=Cc2c(ccc3sc4c(N(c5ccccc5)c5ccc6c(c5)sc5ccccc56)c(N(c5ccccc5)c5cccc6sc7ccccc7c56)ccc4c23)CC1. The lowest BCUT2D eigenvalue weighted by atomic mass is 9.93. The van der Waals surface area contributed by atoms with Crippen molar-refractivity contribution < 1.29 is 0 Å². The monoisotopic (exact) mass is 782 g/mol. The molecule has 57 heavy (non-hydrogen) atoms. The number of aryl methyl sites for hydroxylation is 1. The van der Waals surface area contributed by atoms with Gasteiger partial charge in [-0.05, 0) is 96.8 Å². The molecule has 3 aromatic heterocycles. The zero-order valence-corrected chi connectivity index (χ0v) is 33.3. The number of hydrogen-bond acceptors (Lipinski definition) is 5. The molecule has 0 saturated heterocycles. The predicted molar refractivity (Wildman–Crippen MR) is 252 cm³/mol. The molecule has 3 heterocycles. The van der Waals surface area contributed by atoms with E-state index in [9.17, 15) is 0 Å². The van der Waals surface area contributed by atoms with E-state index in [1.54, 1.807) is 0 Å². The summed E-state index contributed by atoms with van der Waals surface area (Å²) in [5.74, 6) is 0. The van der Waals surface area contributed by atoms with Crippen molar-refractivity contribution in [2.24, 2.45) is 0 Å². The van der Waals surface area contributed by atoms with Gasteiger partial charge in [0, 0.05) is 72.9 Å². The van der Waals surface area contributed by atoms with Crippen LogP contribution in [0.2, 0.25) is 0 Å². The lowest BCUT2D eigenvalue weighted by Gasteiger charge is -2.34. The first-order chi connectivity index (χ1) is 28.3. The van der Waals surface area contributed by atoms with E-state index in [0.29, 0.717) is 0 Å². The highest BCUT2D eigenvalue weighted by molar-refractivity contribution is 7.27. The fraction of sp³-hybridized carbons (Fsp3) is 0.0385. The van der Waals surface area contributed by atoms with Gasteiger partial charge in [0.25, 0.3) is 0 Å². The van der Waals surface area contributed by atoms with Crippen molar-refractivity contribution >= 4 is 135 Å². The van der Waals surface area contributed by atoms with Gasteiger partial charge in [0.05, 0.1) is 21.8 Å². The van der Waals surface area contributed by atoms with Crippen LogP contribution in [0, 0.1) is 0 Å². The minimum Gasteiger partial charge on any atom is -0.308 e. The first-order valence-electron chi connectivity index (χ1n) is 19.5. The van der Waals surface area contributed by atoms with Crippen LogP contribution in [0.1, 0.15) is 17.5 Å². The Kier molecular flexibility index (Phi) is 7.62. The number of nitrogens with zero attached hydrogens (tertiary/aromatic N) is 2. The summed E-state index contributed by atoms with van der Waals surface area (Å²) < 4.78 is 7.78. The zero-order chi connectivity index (χ0) is 37.5. The van der Waals surface area contributed by atoms with Gasteiger partial charge in [0.1, 0.15) is 0 Å². The third-order valence-corrected chi connectivity index (χ3v) is 14.9. The minimum absolute atomic E-state index is 1.08. The Hall–Kier alpha value is -6.24. The molecular weight excluding hydrogens is 749 g/mol. The van der Waals surface area contributed by atoms with Crippen molar-refractivity contribution in [3.8, 4) is 0 Å². The van der Waals surface area contributed by atoms with Crippen LogP contribution in [0.5, 0.6) is 0 Å². The normalized spacial score (nSPS) is 12.7. The number of allylic oxidation sites excluding steroid dienone is 1. The third-order valence-electron chi connectivity index (χ3n) is 11.5. The summed E-state index contributed by atoms with van der Waals surface area (Å²) in [5, 5.41) is 7.84. The molecule has 5 heteroatoms. The second-order valence-corrected chi connectivity index (χ2v) is 18.0. The highest BCUT2D eigenvalue weighted by atomic mass is 32.1. The lowest BCUT2D eigenvalue weighted by Crippen LogP contribution is -2.17. The molecule has 2 nitrogen and oxygen atoms in total. The molecule has 0 unspecified atom stereocenters. The molecule has 0 bridgehead atoms. The predicted octanol–water partition coefficient (Wildman–Crippen LogP) is 16.7. The van der Waals surface area contributed by atoms with Gasteiger partial charge >= 0.3 is 0 Å². The second kappa shape index (κ2) is 13.2. The van der Waals surface area contributed by atoms with Gasteiger partial charge in [0.2, 0.25) is 0 Å². The standard InChI is InChI=1S/C52H34N2S3/c1-3-15-34(16-4-1)53(36-27-28-39-38-20-9-11-23-44(38)56-48(39)32-36)51-43(30-29-41-49-37-19-8-7-14-33(37)26-31-47(49)57-52(41)51)54(35-17-5-2-6-18-35)42-22-13-25-46-50(42)40-21-10-12-24-45(40)55-46/h1-6,8-13,15-32H,7,14H2. The number of anilines is 6. The minimum atomic E-state index is 1.08. The molecule has 8 aromatic carbocycles. The molecule has 0 atom stereocenters. The fourth-order valence-electron chi connectivity index (χ4n) is 8.99. The Labute approximate surface area is 342 Å². The van der Waals surface area contributed by atoms with E-state index in [1.807, 2.05) is 34.0 Å². The van der Waals surface area contributed by atoms with Gasteiger partial charge in [-0.1, -0.05) is 109 Å². The molecule has 1 aliphatic rings. The van der Waals surface area contributed by atoms with Gasteiger partial charge in [-0.15, -0.1) is 34.0 Å². The topological polar surface area (TPSA) is 6.48 Å². The molecule has 12 rings (SSSR count). The summed E-state index contributed by atoms with van der Waals surface area (Å²) >= 11 is 5.66. The Bertz CT molecular complexity index is 3370. The van der Waals surface area contributed by atoms with E-state index >= 15 is 0 Å². The average molecular weight is 783 g/mol. The van der Waals surface area contributed by atoms with Gasteiger partial charge in [-0.3, -0.25) is 0 Å². The van der Waals surface area contributed by atoms with E-state index in [0.717, 1.165) is 35.6 Å². The van der Waals surface area contributed by atoms with Crippen molar-refractivity contribution in [1.82, 2.24) is 0 Å². The molecule has 0 N–H and O–H groups in total. The van der Waals surface area contributed by atoms with Crippen molar-refractivity contribution in [2.45, 2.75) is 12.8 Å². The van der Waals surface area contributed by atoms with Crippen molar-refractivity contribution in [3.63, 3.8) is 0 Å². The van der Waals surface area contributed by atoms with Crippen LogP contribution < -0.4 is 9.80 Å². The van der Waals surface area contributed by atoms with Crippen LogP contribution in [-0.4, -0.2) is 0 Å². The number of para-hydroxylation sites is 2. The summed E-state index contributed by atoms with van der Waals surface area (Å²) in [4.78, 5) is 5.05. The third kappa shape index (κ3) is 5.20. The van der Waals surface area contributed by atoms with Crippen molar-refractivity contribution in [2.75, 3.05) is 9.80 Å². The van der Waals surface area contributed by atoms with Crippen LogP contribution in [-0.2, 0) is 6.42 Å². The van der Waals surface area contributed by atoms with E-state index in [4.69, 9.17) is 0 Å². The maximum atomic E-state index is 2.53. The number of benzene rings is 8. The molecule has 0 saturated carbocycles. The van der Waals surface area contributed by atoms with Crippen molar-refractivity contribution in [1.29, 1.82) is 0 Å². The maximum Gasteiger partial charge on any atom is 0.0883 e. The molecule has 11 aromatic rings. The molecule has 0 aliphatic heterocycles. The van der Waals surface area contributed by atoms with Gasteiger partial charge in [-0.25, -0.2) is 0 Å². The Morgan fingerprint density at radius 2 is 1.05 bits per heavy atom. The van der Waals surface area contributed by atoms with E-state index in [-0.39, 0.29) is 0 Å². The number of fused-ring (bicyclic) bond motifs is 11. The lowest BCUT2D eigenvalue weighted by molar-refractivity contribution is 0.990. The Morgan fingerprint density at radius 3 is 1.88 bits per heavy atom. The van der Waals surface area contributed by atoms with Gasteiger partial charge in [0.15, 0.2) is 0 Å². The van der Waals surface area contributed by atoms with E-state index < -0.39 is 0 Å². The Balaban J connectivity index is 1.23. The Morgan fingerprint density at radius 1 is 0.404 bits per heavy atom. The molecule has 0 radical (unpaired) electrons. The highest BCUT2D eigenvalue weighted by Gasteiger charge is 2.29. The van der Waals surface area contributed by atoms with Crippen LogP contribution in [0.3, 0.4) is 0 Å². The molecule has 0 fully saturated rings. The average Bonchev–Trinajstić information content (AvgIpc) is 3.97. The zero-order valence-electron chi connectivity index (χ0n) is 30.9. The first kappa shape index (κ1) is 33.0. The highest BCUT2D eigenvalue weighted by Crippen LogP contribution is 2.55. The van der Waals surface area contributed by atoms with Crippen LogP contribution in [0.4, 0.5) is 34.1 Å². The number of thiophene rings is 3. The first-order valence-corrected chi connectivity index (χ1v) is 21.9. The summed E-state index contributed by atoms with van der Waals surface area (Å²) in [7, 11) is 0. The molecule has 0 spiro atoms. The maximum absolute atomic E-state index is 2.53.